The number of fused-ring (bicyclic) bond motifs is 1. The molecule has 1 aromatic carbocycles. The van der Waals surface area contributed by atoms with Gasteiger partial charge in [-0.2, -0.15) is 0 Å². The van der Waals surface area contributed by atoms with Crippen molar-refractivity contribution in [3.8, 4) is 11.3 Å². The van der Waals surface area contributed by atoms with E-state index in [1.54, 1.807) is 36.7 Å². The molecule has 0 atom stereocenters. The Morgan fingerprint density at radius 3 is 2.39 bits per heavy atom. The zero-order chi connectivity index (χ0) is 22.6. The van der Waals surface area contributed by atoms with Gasteiger partial charge in [-0.3, -0.25) is 9.20 Å². The molecule has 0 unspecified atom stereocenters. The topological polar surface area (TPSA) is 99.6 Å². The van der Waals surface area contributed by atoms with Gasteiger partial charge in [0.2, 0.25) is 15.6 Å². The van der Waals surface area contributed by atoms with Crippen molar-refractivity contribution in [2.45, 2.75) is 18.7 Å². The first-order valence-corrected chi connectivity index (χ1v) is 11.2. The second-order valence-electron chi connectivity index (χ2n) is 6.63. The maximum Gasteiger partial charge on any atom is 0.248 e. The first-order chi connectivity index (χ1) is 14.9. The minimum absolute atomic E-state index is 0.175. The second kappa shape index (κ2) is 9.15. The molecule has 0 radical (unpaired) electrons. The molecular weight excluding hydrogens is 414 g/mol. The molecule has 0 fully saturated rings. The minimum atomic E-state index is -3.47. The Bertz CT molecular complexity index is 1340. The number of imidazole rings is 1. The van der Waals surface area contributed by atoms with Crippen LogP contribution in [0.15, 0.2) is 76.8 Å². The third kappa shape index (κ3) is 4.52. The van der Waals surface area contributed by atoms with E-state index in [1.807, 2.05) is 42.6 Å². The van der Waals surface area contributed by atoms with E-state index in [4.69, 9.17) is 0 Å². The van der Waals surface area contributed by atoms with Crippen LogP contribution >= 0.6 is 0 Å². The van der Waals surface area contributed by atoms with Crippen LogP contribution in [0.25, 0.3) is 16.9 Å². The Kier molecular flexibility index (Phi) is 6.57. The third-order valence-corrected chi connectivity index (χ3v) is 6.36. The molecule has 0 aliphatic heterocycles. The van der Waals surface area contributed by atoms with Crippen LogP contribution in [0, 0.1) is 0 Å². The van der Waals surface area contributed by atoms with Crippen molar-refractivity contribution in [3.05, 3.63) is 77.5 Å². The highest BCUT2D eigenvalue weighted by Gasteiger charge is 2.17. The van der Waals surface area contributed by atoms with Gasteiger partial charge < -0.3 is 10.3 Å². The second-order valence-corrected chi connectivity index (χ2v) is 8.78. The molecular formula is C22H25N5O3S. The van der Waals surface area contributed by atoms with Crippen LogP contribution in [0.3, 0.4) is 0 Å². The first-order valence-electron chi connectivity index (χ1n) is 9.81. The van der Waals surface area contributed by atoms with E-state index in [2.05, 4.69) is 15.3 Å². The summed E-state index contributed by atoms with van der Waals surface area (Å²) in [5.74, 6) is 0. The van der Waals surface area contributed by atoms with Crippen LogP contribution < -0.4 is 10.9 Å². The highest BCUT2D eigenvalue weighted by molar-refractivity contribution is 7.89. The number of nitrogens with zero attached hydrogens (tertiary/aromatic N) is 3. The molecule has 0 bridgehead atoms. The maximum absolute atomic E-state index is 12.2. The van der Waals surface area contributed by atoms with Gasteiger partial charge in [0.15, 0.2) is 5.65 Å². The van der Waals surface area contributed by atoms with E-state index in [0.29, 0.717) is 5.65 Å². The molecule has 0 saturated heterocycles. The summed E-state index contributed by atoms with van der Waals surface area (Å²) >= 11 is 0. The molecule has 4 rings (SSSR count). The monoisotopic (exact) mass is 439 g/mol. The molecule has 9 heteroatoms. The smallest absolute Gasteiger partial charge is 0.248 e. The summed E-state index contributed by atoms with van der Waals surface area (Å²) in [6.45, 7) is 4.00. The third-order valence-electron chi connectivity index (χ3n) is 4.53. The van der Waals surface area contributed by atoms with Gasteiger partial charge in [0.25, 0.3) is 0 Å². The summed E-state index contributed by atoms with van der Waals surface area (Å²) in [5.41, 5.74) is 3.62. The minimum Gasteiger partial charge on any atom is -0.352 e. The number of sulfonamides is 1. The molecule has 162 valence electrons. The fourth-order valence-corrected chi connectivity index (χ4v) is 3.93. The first kappa shape index (κ1) is 22.3. The quantitative estimate of drug-likeness (QED) is 0.494. The number of aromatic nitrogens is 3. The molecule has 3 heterocycles. The lowest BCUT2D eigenvalue weighted by Gasteiger charge is -2.13. The van der Waals surface area contributed by atoms with Crippen LogP contribution in [0.5, 0.6) is 0 Å². The summed E-state index contributed by atoms with van der Waals surface area (Å²) in [5, 5.41) is 3.27. The summed E-state index contributed by atoms with van der Waals surface area (Å²) in [4.78, 5) is 18.9. The molecule has 0 aliphatic carbocycles. The number of benzene rings is 1. The van der Waals surface area contributed by atoms with Crippen molar-refractivity contribution in [1.82, 2.24) is 18.7 Å². The number of pyridine rings is 2. The lowest BCUT2D eigenvalue weighted by molar-refractivity contribution is 0.521. The maximum atomic E-state index is 12.2. The van der Waals surface area contributed by atoms with Gasteiger partial charge in [0.1, 0.15) is 0 Å². The van der Waals surface area contributed by atoms with Crippen LogP contribution in [0.4, 0.5) is 11.4 Å². The SMILES string of the molecule is CC.CN(C)S(=O)(=O)c1ccc(Nc2ccc(-c3cc[nH]c(=O)c3)n3ccnc23)cc1. The molecule has 31 heavy (non-hydrogen) atoms. The van der Waals surface area contributed by atoms with Gasteiger partial charge in [-0.1, -0.05) is 13.8 Å². The highest BCUT2D eigenvalue weighted by atomic mass is 32.2. The average molecular weight is 440 g/mol. The Balaban J connectivity index is 0.00000132. The van der Waals surface area contributed by atoms with Gasteiger partial charge in [-0.15, -0.1) is 0 Å². The van der Waals surface area contributed by atoms with E-state index in [-0.39, 0.29) is 10.5 Å². The molecule has 0 aliphatic rings. The van der Waals surface area contributed by atoms with E-state index >= 15 is 0 Å². The molecule has 3 aromatic heterocycles. The van der Waals surface area contributed by atoms with Gasteiger partial charge in [0.05, 0.1) is 16.3 Å². The van der Waals surface area contributed by atoms with Gasteiger partial charge in [-0.05, 0) is 42.5 Å². The van der Waals surface area contributed by atoms with Crippen LogP contribution in [0.1, 0.15) is 13.8 Å². The number of hydrogen-bond donors (Lipinski definition) is 2. The van der Waals surface area contributed by atoms with Crippen molar-refractivity contribution < 1.29 is 8.42 Å². The summed E-state index contributed by atoms with van der Waals surface area (Å²) in [6, 6.07) is 13.7. The molecule has 8 nitrogen and oxygen atoms in total. The normalized spacial score (nSPS) is 11.3. The van der Waals surface area contributed by atoms with Crippen LogP contribution in [-0.4, -0.2) is 41.2 Å². The van der Waals surface area contributed by atoms with Crippen molar-refractivity contribution in [1.29, 1.82) is 0 Å². The highest BCUT2D eigenvalue weighted by Crippen LogP contribution is 2.27. The number of H-pyrrole nitrogens is 1. The zero-order valence-corrected chi connectivity index (χ0v) is 18.6. The molecule has 0 amide bonds. The average Bonchev–Trinajstić information content (AvgIpc) is 3.26. The molecule has 2 N–H and O–H groups in total. The number of rotatable bonds is 5. The fourth-order valence-electron chi connectivity index (χ4n) is 3.03. The number of aromatic amines is 1. The number of anilines is 2. The van der Waals surface area contributed by atoms with E-state index < -0.39 is 10.0 Å². The Labute approximate surface area is 181 Å². The predicted molar refractivity (Wildman–Crippen MR) is 123 cm³/mol. The molecule has 0 saturated carbocycles. The van der Waals surface area contributed by atoms with E-state index in [1.165, 1.54) is 24.5 Å². The molecule has 4 aromatic rings. The Morgan fingerprint density at radius 1 is 1.03 bits per heavy atom. The zero-order valence-electron chi connectivity index (χ0n) is 17.8. The summed E-state index contributed by atoms with van der Waals surface area (Å²) < 4.78 is 27.5. The van der Waals surface area contributed by atoms with E-state index in [0.717, 1.165) is 22.6 Å². The largest absolute Gasteiger partial charge is 0.352 e. The lowest BCUT2D eigenvalue weighted by Crippen LogP contribution is -2.22. The van der Waals surface area contributed by atoms with Crippen molar-refractivity contribution in [2.24, 2.45) is 0 Å². The van der Waals surface area contributed by atoms with Crippen LogP contribution in [0.2, 0.25) is 0 Å². The standard InChI is InChI=1S/C20H19N5O3S.C2H6/c1-24(2)29(27,28)16-5-3-15(4-6-16)23-17-7-8-18(25-12-11-22-20(17)25)14-9-10-21-19(26)13-14;1-2/h3-13,23H,1-2H3,(H,21,26);1-2H3. The van der Waals surface area contributed by atoms with Crippen molar-refractivity contribution >= 4 is 27.0 Å². The Hall–Kier alpha value is -3.43. The summed E-state index contributed by atoms with van der Waals surface area (Å²) in [7, 11) is -0.474. The predicted octanol–water partition coefficient (Wildman–Crippen LogP) is 3.71. The molecule has 0 spiro atoms. The number of nitrogens with one attached hydrogen (secondary N) is 2. The van der Waals surface area contributed by atoms with Gasteiger partial charge in [0, 0.05) is 50.0 Å². The van der Waals surface area contributed by atoms with Gasteiger partial charge >= 0.3 is 0 Å². The van der Waals surface area contributed by atoms with Crippen molar-refractivity contribution in [3.63, 3.8) is 0 Å². The Morgan fingerprint density at radius 2 is 1.74 bits per heavy atom. The van der Waals surface area contributed by atoms with E-state index in [9.17, 15) is 13.2 Å². The lowest BCUT2D eigenvalue weighted by atomic mass is 10.1. The number of hydrogen-bond acceptors (Lipinski definition) is 5. The summed E-state index contributed by atoms with van der Waals surface area (Å²) in [6.07, 6.45) is 5.11. The van der Waals surface area contributed by atoms with Crippen molar-refractivity contribution in [2.75, 3.05) is 19.4 Å². The fraction of sp³-hybridized carbons (Fsp3) is 0.182. The van der Waals surface area contributed by atoms with Crippen LogP contribution in [-0.2, 0) is 10.0 Å². The van der Waals surface area contributed by atoms with Gasteiger partial charge in [-0.25, -0.2) is 17.7 Å².